The molecule has 4 rings (SSSR count). The molecule has 2 heterocycles. The van der Waals surface area contributed by atoms with E-state index in [1.165, 1.54) is 16.5 Å². The van der Waals surface area contributed by atoms with Gasteiger partial charge in [0.2, 0.25) is 0 Å². The molecule has 3 aromatic rings. The third kappa shape index (κ3) is 4.43. The quantitative estimate of drug-likeness (QED) is 0.321. The minimum absolute atomic E-state index is 0.0349. The maximum absolute atomic E-state index is 12.7. The largest absolute Gasteiger partial charge is 0.321 e. The van der Waals surface area contributed by atoms with Crippen LogP contribution in [0, 0.1) is 36.5 Å². The van der Waals surface area contributed by atoms with Crippen molar-refractivity contribution < 1.29 is 4.79 Å². The van der Waals surface area contributed by atoms with Crippen LogP contribution < -0.4 is 5.32 Å². The van der Waals surface area contributed by atoms with E-state index in [9.17, 15) is 15.3 Å². The Bertz CT molecular complexity index is 1380. The van der Waals surface area contributed by atoms with Gasteiger partial charge in [-0.1, -0.05) is 23.2 Å². The zero-order chi connectivity index (χ0) is 23.7. The fourth-order valence-corrected chi connectivity index (χ4v) is 5.90. The highest BCUT2D eigenvalue weighted by atomic mass is 35.5. The van der Waals surface area contributed by atoms with E-state index in [1.54, 1.807) is 29.5 Å². The Hall–Kier alpha value is -3.03. The maximum Gasteiger partial charge on any atom is 0.266 e. The maximum atomic E-state index is 12.7. The lowest BCUT2D eigenvalue weighted by atomic mass is 9.96. The number of thiophene rings is 1. The summed E-state index contributed by atoms with van der Waals surface area (Å²) in [4.78, 5) is 14.0. The monoisotopic (exact) mass is 494 g/mol. The Morgan fingerprint density at radius 2 is 1.91 bits per heavy atom. The van der Waals surface area contributed by atoms with Crippen LogP contribution in [0.2, 0.25) is 10.0 Å². The molecule has 5 nitrogen and oxygen atoms in total. The molecule has 1 aliphatic rings. The Morgan fingerprint density at radius 3 is 2.61 bits per heavy atom. The molecule has 1 N–H and O–H groups in total. The molecule has 1 amide bonds. The average Bonchev–Trinajstić information content (AvgIpc) is 3.29. The predicted octanol–water partition coefficient (Wildman–Crippen LogP) is 6.76. The summed E-state index contributed by atoms with van der Waals surface area (Å²) < 4.78 is 2.05. The topological polar surface area (TPSA) is 81.6 Å². The summed E-state index contributed by atoms with van der Waals surface area (Å²) in [7, 11) is 0. The molecule has 0 radical (unpaired) electrons. The van der Waals surface area contributed by atoms with Crippen LogP contribution in [-0.4, -0.2) is 10.5 Å². The van der Waals surface area contributed by atoms with E-state index in [-0.39, 0.29) is 5.57 Å². The van der Waals surface area contributed by atoms with Gasteiger partial charge in [-0.3, -0.25) is 4.79 Å². The molecule has 33 heavy (non-hydrogen) atoms. The second-order valence-electron chi connectivity index (χ2n) is 7.92. The summed E-state index contributed by atoms with van der Waals surface area (Å²) >= 11 is 13.6. The van der Waals surface area contributed by atoms with E-state index in [0.717, 1.165) is 53.2 Å². The summed E-state index contributed by atoms with van der Waals surface area (Å²) in [5, 5.41) is 23.8. The van der Waals surface area contributed by atoms with Crippen molar-refractivity contribution in [3.05, 3.63) is 72.8 Å². The van der Waals surface area contributed by atoms with Gasteiger partial charge in [0, 0.05) is 22.0 Å². The van der Waals surface area contributed by atoms with Gasteiger partial charge < -0.3 is 9.88 Å². The van der Waals surface area contributed by atoms with Crippen LogP contribution in [-0.2, 0) is 17.6 Å². The molecule has 1 aromatic carbocycles. The Morgan fingerprint density at radius 1 is 1.15 bits per heavy atom. The number of aromatic nitrogens is 1. The number of halogens is 2. The highest BCUT2D eigenvalue weighted by molar-refractivity contribution is 7.15. The molecule has 0 unspecified atom stereocenters. The average molecular weight is 495 g/mol. The zero-order valence-corrected chi connectivity index (χ0v) is 20.5. The number of aryl methyl sites for hydroxylation is 2. The van der Waals surface area contributed by atoms with Crippen molar-refractivity contribution in [3.8, 4) is 17.1 Å². The smallest absolute Gasteiger partial charge is 0.266 e. The zero-order valence-electron chi connectivity index (χ0n) is 18.1. The Kier molecular flexibility index (Phi) is 6.63. The van der Waals surface area contributed by atoms with Gasteiger partial charge in [-0.15, -0.1) is 11.3 Å². The molecule has 2 aromatic heterocycles. The number of fused-ring (bicyclic) bond motifs is 1. The molecular formula is C25H20Cl2N4OS. The number of nitrogens with one attached hydrogen (secondary N) is 1. The first-order valence-corrected chi connectivity index (χ1v) is 12.0. The molecule has 0 aliphatic heterocycles. The molecule has 0 fully saturated rings. The van der Waals surface area contributed by atoms with Gasteiger partial charge in [0.25, 0.3) is 5.91 Å². The summed E-state index contributed by atoms with van der Waals surface area (Å²) in [6.45, 7) is 3.90. The molecule has 0 saturated heterocycles. The van der Waals surface area contributed by atoms with Crippen molar-refractivity contribution in [2.75, 3.05) is 5.32 Å². The standard InChI is InChI=1S/C25H20Cl2N4OS/c1-14-9-16(10-17(12-28)24(32)30-18-7-8-21(26)22(27)11-18)15(2)31(14)25-20(13-29)19-5-3-4-6-23(19)33-25/h7-11H,3-6H2,1-2H3,(H,30,32)/b17-10-. The van der Waals surface area contributed by atoms with E-state index in [0.29, 0.717) is 15.7 Å². The van der Waals surface area contributed by atoms with Crippen LogP contribution in [0.15, 0.2) is 29.8 Å². The first-order chi connectivity index (χ1) is 15.8. The van der Waals surface area contributed by atoms with Gasteiger partial charge in [0.05, 0.1) is 15.6 Å². The summed E-state index contributed by atoms with van der Waals surface area (Å²) in [5.74, 6) is -0.537. The molecule has 1 aliphatic carbocycles. The lowest BCUT2D eigenvalue weighted by molar-refractivity contribution is -0.112. The predicted molar refractivity (Wildman–Crippen MR) is 133 cm³/mol. The first kappa shape index (κ1) is 23.1. The number of carbonyl (C=O) groups is 1. The van der Waals surface area contributed by atoms with E-state index in [4.69, 9.17) is 23.2 Å². The van der Waals surface area contributed by atoms with Crippen molar-refractivity contribution in [2.45, 2.75) is 39.5 Å². The van der Waals surface area contributed by atoms with Crippen molar-refractivity contribution in [2.24, 2.45) is 0 Å². The van der Waals surface area contributed by atoms with Gasteiger partial charge in [0.1, 0.15) is 22.7 Å². The number of nitriles is 2. The summed E-state index contributed by atoms with van der Waals surface area (Å²) in [6.07, 6.45) is 5.78. The summed E-state index contributed by atoms with van der Waals surface area (Å²) in [6, 6.07) is 11.1. The third-order valence-corrected chi connectivity index (χ3v) is 7.80. The van der Waals surface area contributed by atoms with Crippen LogP contribution in [0.3, 0.4) is 0 Å². The third-order valence-electron chi connectivity index (χ3n) is 5.78. The molecular weight excluding hydrogens is 475 g/mol. The Balaban J connectivity index is 1.69. The number of hydrogen-bond donors (Lipinski definition) is 1. The van der Waals surface area contributed by atoms with Crippen LogP contribution in [0.5, 0.6) is 0 Å². The van der Waals surface area contributed by atoms with Crippen molar-refractivity contribution in [1.29, 1.82) is 10.5 Å². The van der Waals surface area contributed by atoms with Crippen LogP contribution in [0.4, 0.5) is 5.69 Å². The number of carbonyl (C=O) groups excluding carboxylic acids is 1. The lowest BCUT2D eigenvalue weighted by Gasteiger charge is -2.10. The molecule has 0 spiro atoms. The fourth-order valence-electron chi connectivity index (χ4n) is 4.15. The van der Waals surface area contributed by atoms with Crippen molar-refractivity contribution in [1.82, 2.24) is 4.57 Å². The molecule has 0 saturated carbocycles. The lowest BCUT2D eigenvalue weighted by Crippen LogP contribution is -2.13. The fraction of sp³-hybridized carbons (Fsp3) is 0.240. The molecule has 166 valence electrons. The number of rotatable bonds is 4. The van der Waals surface area contributed by atoms with Crippen molar-refractivity contribution in [3.63, 3.8) is 0 Å². The van der Waals surface area contributed by atoms with E-state index >= 15 is 0 Å². The van der Waals surface area contributed by atoms with E-state index < -0.39 is 5.91 Å². The van der Waals surface area contributed by atoms with Crippen molar-refractivity contribution >= 4 is 52.2 Å². The minimum atomic E-state index is -0.537. The second-order valence-corrected chi connectivity index (χ2v) is 9.82. The van der Waals surface area contributed by atoms with Gasteiger partial charge in [0.15, 0.2) is 0 Å². The van der Waals surface area contributed by atoms with Gasteiger partial charge in [-0.2, -0.15) is 10.5 Å². The van der Waals surface area contributed by atoms with E-state index in [1.807, 2.05) is 26.0 Å². The molecule has 0 atom stereocenters. The second kappa shape index (κ2) is 9.45. The summed E-state index contributed by atoms with van der Waals surface area (Å²) in [5.41, 5.74) is 4.89. The number of benzene rings is 1. The normalized spacial score (nSPS) is 13.2. The molecule has 8 heteroatoms. The van der Waals surface area contributed by atoms with Gasteiger partial charge >= 0.3 is 0 Å². The van der Waals surface area contributed by atoms with Gasteiger partial charge in [-0.05, 0) is 81.0 Å². The van der Waals surface area contributed by atoms with Crippen LogP contribution in [0.1, 0.15) is 45.8 Å². The van der Waals surface area contributed by atoms with E-state index in [2.05, 4.69) is 16.0 Å². The SMILES string of the molecule is Cc1cc(/C=C(/C#N)C(=O)Nc2ccc(Cl)c(Cl)c2)c(C)n1-c1sc2c(c1C#N)CCCC2. The molecule has 0 bridgehead atoms. The van der Waals surface area contributed by atoms with Crippen LogP contribution in [0.25, 0.3) is 11.1 Å². The van der Waals surface area contributed by atoms with Gasteiger partial charge in [-0.25, -0.2) is 0 Å². The van der Waals surface area contributed by atoms with Crippen LogP contribution >= 0.6 is 34.5 Å². The minimum Gasteiger partial charge on any atom is -0.321 e. The Labute approximate surface area is 206 Å². The number of anilines is 1. The number of hydrogen-bond acceptors (Lipinski definition) is 4. The number of nitrogens with zero attached hydrogens (tertiary/aromatic N) is 3. The highest BCUT2D eigenvalue weighted by Crippen LogP contribution is 2.38. The first-order valence-electron chi connectivity index (χ1n) is 10.5. The number of amides is 1. The highest BCUT2D eigenvalue weighted by Gasteiger charge is 2.24.